The Balaban J connectivity index is 1.66. The van der Waals surface area contributed by atoms with Crippen molar-refractivity contribution >= 4 is 11.6 Å². The molecule has 4 heteroatoms. The van der Waals surface area contributed by atoms with Gasteiger partial charge in [-0.2, -0.15) is 0 Å². The van der Waals surface area contributed by atoms with Crippen molar-refractivity contribution in [2.24, 2.45) is 0 Å². The van der Waals surface area contributed by atoms with Gasteiger partial charge in [0.05, 0.1) is 18.4 Å². The Morgan fingerprint density at radius 3 is 2.78 bits per heavy atom. The predicted octanol–water partition coefficient (Wildman–Crippen LogP) is 3.45. The number of pyridine rings is 1. The molecule has 1 aliphatic carbocycles. The Hall–Kier alpha value is -2.62. The van der Waals surface area contributed by atoms with E-state index >= 15 is 0 Å². The predicted molar refractivity (Wildman–Crippen MR) is 89.3 cm³/mol. The largest absolute Gasteiger partial charge is 0.330 e. The van der Waals surface area contributed by atoms with Gasteiger partial charge in [-0.1, -0.05) is 24.3 Å². The summed E-state index contributed by atoms with van der Waals surface area (Å²) in [6.07, 6.45) is 6.06. The molecule has 4 nitrogen and oxygen atoms in total. The van der Waals surface area contributed by atoms with Gasteiger partial charge >= 0.3 is 0 Å². The second kappa shape index (κ2) is 5.54. The Labute approximate surface area is 135 Å². The average Bonchev–Trinajstić information content (AvgIpc) is 3.33. The number of aromatic nitrogens is 2. The van der Waals surface area contributed by atoms with Crippen LogP contribution in [0.5, 0.6) is 0 Å². The number of nitrogens with zero attached hydrogens (tertiary/aromatic N) is 3. The van der Waals surface area contributed by atoms with Crippen molar-refractivity contribution in [1.82, 2.24) is 14.3 Å². The maximum Gasteiger partial charge on any atom is 0.254 e. The lowest BCUT2D eigenvalue weighted by molar-refractivity contribution is 0.0726. The van der Waals surface area contributed by atoms with Crippen LogP contribution in [-0.4, -0.2) is 26.2 Å². The molecule has 0 N–H and O–H groups in total. The molecular weight excluding hydrogens is 286 g/mol. The first-order chi connectivity index (χ1) is 11.2. The molecule has 0 aliphatic heterocycles. The zero-order chi connectivity index (χ0) is 15.8. The monoisotopic (exact) mass is 305 g/mol. The Morgan fingerprint density at radius 2 is 2.00 bits per heavy atom. The summed E-state index contributed by atoms with van der Waals surface area (Å²) in [7, 11) is 0. The third-order valence-corrected chi connectivity index (χ3v) is 4.45. The van der Waals surface area contributed by atoms with Crippen LogP contribution in [0, 0.1) is 6.92 Å². The molecule has 1 fully saturated rings. The van der Waals surface area contributed by atoms with Gasteiger partial charge < -0.3 is 9.30 Å². The van der Waals surface area contributed by atoms with E-state index in [0.717, 1.165) is 35.3 Å². The van der Waals surface area contributed by atoms with Gasteiger partial charge in [0, 0.05) is 17.8 Å². The van der Waals surface area contributed by atoms with Crippen LogP contribution >= 0.6 is 0 Å². The number of aryl methyl sites for hydroxylation is 1. The highest BCUT2D eigenvalue weighted by molar-refractivity contribution is 5.96. The minimum atomic E-state index is 0.122. The number of hydrogen-bond acceptors (Lipinski definition) is 2. The second-order valence-electron chi connectivity index (χ2n) is 6.16. The molecule has 0 unspecified atom stereocenters. The molecule has 1 aromatic carbocycles. The topological polar surface area (TPSA) is 37.6 Å². The normalized spacial score (nSPS) is 14.1. The summed E-state index contributed by atoms with van der Waals surface area (Å²) in [5, 5.41) is 0. The lowest BCUT2D eigenvalue weighted by Gasteiger charge is -2.23. The minimum absolute atomic E-state index is 0.122. The Kier molecular flexibility index (Phi) is 3.37. The molecule has 0 spiro atoms. The highest BCUT2D eigenvalue weighted by atomic mass is 16.2. The van der Waals surface area contributed by atoms with Crippen LogP contribution in [0.15, 0.2) is 54.9 Å². The van der Waals surface area contributed by atoms with E-state index in [1.165, 1.54) is 0 Å². The SMILES string of the molecule is Cc1ccccc1C(=O)N(Cc1cnc2ccccn12)C1CC1. The molecule has 0 bridgehead atoms. The molecule has 0 saturated heterocycles. The molecule has 3 aromatic rings. The van der Waals surface area contributed by atoms with E-state index in [0.29, 0.717) is 12.6 Å². The third-order valence-electron chi connectivity index (χ3n) is 4.45. The van der Waals surface area contributed by atoms with Gasteiger partial charge in [0.15, 0.2) is 0 Å². The fraction of sp³-hybridized carbons (Fsp3) is 0.263. The summed E-state index contributed by atoms with van der Waals surface area (Å²) < 4.78 is 2.06. The van der Waals surface area contributed by atoms with Crippen LogP contribution in [-0.2, 0) is 6.54 Å². The molecule has 2 aromatic heterocycles. The number of imidazole rings is 1. The summed E-state index contributed by atoms with van der Waals surface area (Å²) in [4.78, 5) is 19.4. The molecule has 1 aliphatic rings. The van der Waals surface area contributed by atoms with Crippen LogP contribution < -0.4 is 0 Å². The first-order valence-electron chi connectivity index (χ1n) is 8.01. The van der Waals surface area contributed by atoms with Crippen LogP contribution in [0.1, 0.15) is 34.5 Å². The number of rotatable bonds is 4. The number of carbonyl (C=O) groups excluding carboxylic acids is 1. The third kappa shape index (κ3) is 2.61. The summed E-state index contributed by atoms with van der Waals surface area (Å²) >= 11 is 0. The van der Waals surface area contributed by atoms with E-state index in [1.807, 2.05) is 66.7 Å². The quantitative estimate of drug-likeness (QED) is 0.740. The molecule has 0 radical (unpaired) electrons. The summed E-state index contributed by atoms with van der Waals surface area (Å²) in [5.74, 6) is 0.122. The molecular formula is C19H19N3O. The van der Waals surface area contributed by atoms with Gasteiger partial charge in [-0.3, -0.25) is 4.79 Å². The maximum atomic E-state index is 13.0. The fourth-order valence-electron chi connectivity index (χ4n) is 3.00. The van der Waals surface area contributed by atoms with E-state index in [1.54, 1.807) is 0 Å². The van der Waals surface area contributed by atoms with Crippen molar-refractivity contribution in [3.05, 3.63) is 71.7 Å². The molecule has 116 valence electrons. The molecule has 23 heavy (non-hydrogen) atoms. The van der Waals surface area contributed by atoms with Gasteiger partial charge in [-0.25, -0.2) is 4.98 Å². The van der Waals surface area contributed by atoms with E-state index in [2.05, 4.69) is 9.38 Å². The van der Waals surface area contributed by atoms with Crippen molar-refractivity contribution in [3.63, 3.8) is 0 Å². The standard InChI is InChI=1S/C19H19N3O/c1-14-6-2-3-7-17(14)19(23)22(15-9-10-15)13-16-12-20-18-8-4-5-11-21(16)18/h2-8,11-12,15H,9-10,13H2,1H3. The highest BCUT2D eigenvalue weighted by Crippen LogP contribution is 2.30. The van der Waals surface area contributed by atoms with E-state index < -0.39 is 0 Å². The van der Waals surface area contributed by atoms with Crippen molar-refractivity contribution in [3.8, 4) is 0 Å². The van der Waals surface area contributed by atoms with Gasteiger partial charge in [0.2, 0.25) is 0 Å². The smallest absolute Gasteiger partial charge is 0.254 e. The van der Waals surface area contributed by atoms with Crippen LogP contribution in [0.4, 0.5) is 0 Å². The van der Waals surface area contributed by atoms with Crippen LogP contribution in [0.2, 0.25) is 0 Å². The van der Waals surface area contributed by atoms with Crippen LogP contribution in [0.25, 0.3) is 5.65 Å². The van der Waals surface area contributed by atoms with Gasteiger partial charge in [-0.15, -0.1) is 0 Å². The number of amides is 1. The number of fused-ring (bicyclic) bond motifs is 1. The summed E-state index contributed by atoms with van der Waals surface area (Å²) in [5.41, 5.74) is 3.80. The minimum Gasteiger partial charge on any atom is -0.330 e. The zero-order valence-corrected chi connectivity index (χ0v) is 13.1. The lowest BCUT2D eigenvalue weighted by atomic mass is 10.1. The van der Waals surface area contributed by atoms with Crippen molar-refractivity contribution in [2.45, 2.75) is 32.4 Å². The van der Waals surface area contributed by atoms with Crippen LogP contribution in [0.3, 0.4) is 0 Å². The number of hydrogen-bond donors (Lipinski definition) is 0. The highest BCUT2D eigenvalue weighted by Gasteiger charge is 2.34. The number of carbonyl (C=O) groups is 1. The molecule has 1 amide bonds. The first-order valence-corrected chi connectivity index (χ1v) is 8.01. The maximum absolute atomic E-state index is 13.0. The zero-order valence-electron chi connectivity index (χ0n) is 13.1. The summed E-state index contributed by atoms with van der Waals surface area (Å²) in [6, 6.07) is 14.1. The van der Waals surface area contributed by atoms with E-state index in [4.69, 9.17) is 0 Å². The molecule has 4 rings (SSSR count). The molecule has 0 atom stereocenters. The Morgan fingerprint density at radius 1 is 1.22 bits per heavy atom. The van der Waals surface area contributed by atoms with E-state index in [9.17, 15) is 4.79 Å². The van der Waals surface area contributed by atoms with Gasteiger partial charge in [-0.05, 0) is 43.5 Å². The molecule has 2 heterocycles. The lowest BCUT2D eigenvalue weighted by Crippen LogP contribution is -2.33. The van der Waals surface area contributed by atoms with E-state index in [-0.39, 0.29) is 5.91 Å². The first kappa shape index (κ1) is 14.0. The summed E-state index contributed by atoms with van der Waals surface area (Å²) in [6.45, 7) is 2.59. The van der Waals surface area contributed by atoms with Crippen molar-refractivity contribution in [2.75, 3.05) is 0 Å². The second-order valence-corrected chi connectivity index (χ2v) is 6.16. The van der Waals surface area contributed by atoms with Crippen molar-refractivity contribution in [1.29, 1.82) is 0 Å². The van der Waals surface area contributed by atoms with Gasteiger partial charge in [0.25, 0.3) is 5.91 Å². The molecule has 1 saturated carbocycles. The average molecular weight is 305 g/mol. The number of benzene rings is 1. The fourth-order valence-corrected chi connectivity index (χ4v) is 3.00. The van der Waals surface area contributed by atoms with Crippen molar-refractivity contribution < 1.29 is 4.79 Å². The van der Waals surface area contributed by atoms with Gasteiger partial charge in [0.1, 0.15) is 5.65 Å². The Bertz CT molecular complexity index is 864.